The van der Waals surface area contributed by atoms with Crippen LogP contribution in [0.15, 0.2) is 112 Å². The maximum absolute atomic E-state index is 14.5. The molecule has 236 valence electrons. The Labute approximate surface area is 274 Å². The Morgan fingerprint density at radius 3 is 2.16 bits per heavy atom. The summed E-state index contributed by atoms with van der Waals surface area (Å²) in [6.07, 6.45) is 0.971. The van der Waals surface area contributed by atoms with Gasteiger partial charge in [-0.2, -0.15) is 0 Å². The number of hydrogen-bond donors (Lipinski definition) is 1. The molecule has 0 aliphatic heterocycles. The van der Waals surface area contributed by atoms with Gasteiger partial charge in [-0.25, -0.2) is 8.42 Å². The number of hydrogen-bond acceptors (Lipinski definition) is 5. The molecule has 0 bridgehead atoms. The fourth-order valence-electron chi connectivity index (χ4n) is 4.89. The number of nitrogens with one attached hydrogen (secondary N) is 1. The molecule has 45 heavy (non-hydrogen) atoms. The molecule has 4 aromatic rings. The lowest BCUT2D eigenvalue weighted by atomic mass is 10.0. The summed E-state index contributed by atoms with van der Waals surface area (Å²) < 4.78 is 35.9. The summed E-state index contributed by atoms with van der Waals surface area (Å²) in [4.78, 5) is 29.8. The van der Waals surface area contributed by atoms with Crippen molar-refractivity contribution in [3.8, 4) is 5.75 Å². The van der Waals surface area contributed by atoms with Crippen molar-refractivity contribution in [2.75, 3.05) is 24.5 Å². The molecule has 0 aliphatic carbocycles. The molecule has 0 radical (unpaired) electrons. The number of carbonyl (C=O) groups is 2. The maximum atomic E-state index is 14.5. The monoisotopic (exact) mass is 691 g/mol. The number of halogens is 1. The van der Waals surface area contributed by atoms with E-state index in [4.69, 9.17) is 4.74 Å². The Kier molecular flexibility index (Phi) is 11.8. The number of sulfonamides is 1. The molecular formula is C35H38BrN3O5S. The Morgan fingerprint density at radius 1 is 0.867 bits per heavy atom. The maximum Gasteiger partial charge on any atom is 0.264 e. The lowest BCUT2D eigenvalue weighted by Crippen LogP contribution is -2.53. The first-order valence-electron chi connectivity index (χ1n) is 14.7. The van der Waals surface area contributed by atoms with E-state index in [-0.39, 0.29) is 29.5 Å². The second-order valence-electron chi connectivity index (χ2n) is 10.6. The largest absolute Gasteiger partial charge is 0.495 e. The average molecular weight is 693 g/mol. The molecule has 0 unspecified atom stereocenters. The highest BCUT2D eigenvalue weighted by molar-refractivity contribution is 9.10. The van der Waals surface area contributed by atoms with E-state index in [0.717, 1.165) is 31.9 Å². The molecule has 1 atom stereocenters. The molecule has 4 rings (SSSR count). The van der Waals surface area contributed by atoms with Crippen molar-refractivity contribution < 1.29 is 22.7 Å². The lowest BCUT2D eigenvalue weighted by molar-refractivity contribution is -0.140. The standard InChI is InChI=1S/C35H38BrN3O5S/c1-4-22-37-35(41)32(23-27-10-6-5-7-11-27)38(24-28-16-18-29(36)19-17-28)34(40)25-39(31-12-8-9-13-33(31)44-3)45(42,43)30-20-14-26(2)15-21-30/h5-21,32H,4,22-25H2,1-3H3,(H,37,41)/t32-/m1/s1. The predicted molar refractivity (Wildman–Crippen MR) is 181 cm³/mol. The van der Waals surface area contributed by atoms with Gasteiger partial charge in [0.25, 0.3) is 10.0 Å². The molecule has 0 aliphatic rings. The molecule has 0 aromatic heterocycles. The minimum atomic E-state index is -4.23. The van der Waals surface area contributed by atoms with Gasteiger partial charge in [0, 0.05) is 24.0 Å². The van der Waals surface area contributed by atoms with Gasteiger partial charge in [-0.15, -0.1) is 0 Å². The van der Waals surface area contributed by atoms with Crippen molar-refractivity contribution in [1.82, 2.24) is 10.2 Å². The van der Waals surface area contributed by atoms with Crippen molar-refractivity contribution in [3.05, 3.63) is 124 Å². The number of rotatable bonds is 14. The van der Waals surface area contributed by atoms with Crippen molar-refractivity contribution >= 4 is 43.5 Å². The summed E-state index contributed by atoms with van der Waals surface area (Å²) in [6.45, 7) is 3.80. The van der Waals surface area contributed by atoms with Crippen LogP contribution in [0.2, 0.25) is 0 Å². The summed E-state index contributed by atoms with van der Waals surface area (Å²) in [7, 11) is -2.78. The first kappa shape index (κ1) is 33.7. The van der Waals surface area contributed by atoms with Gasteiger partial charge in [0.15, 0.2) is 0 Å². The van der Waals surface area contributed by atoms with E-state index < -0.39 is 28.5 Å². The Balaban J connectivity index is 1.82. The van der Waals surface area contributed by atoms with Crippen LogP contribution in [-0.4, -0.2) is 51.4 Å². The van der Waals surface area contributed by atoms with Crippen LogP contribution in [-0.2, 0) is 32.6 Å². The van der Waals surface area contributed by atoms with E-state index in [2.05, 4.69) is 21.2 Å². The van der Waals surface area contributed by atoms with E-state index in [1.54, 1.807) is 36.4 Å². The number of para-hydroxylation sites is 2. The van der Waals surface area contributed by atoms with Crippen LogP contribution in [0, 0.1) is 6.92 Å². The molecule has 1 N–H and O–H groups in total. The van der Waals surface area contributed by atoms with Gasteiger partial charge >= 0.3 is 0 Å². The minimum Gasteiger partial charge on any atom is -0.495 e. The number of nitrogens with zero attached hydrogens (tertiary/aromatic N) is 2. The van der Waals surface area contributed by atoms with Gasteiger partial charge < -0.3 is 15.0 Å². The summed E-state index contributed by atoms with van der Waals surface area (Å²) in [6, 6.07) is 29.2. The van der Waals surface area contributed by atoms with Crippen LogP contribution in [0.1, 0.15) is 30.0 Å². The van der Waals surface area contributed by atoms with Gasteiger partial charge in [-0.05, 0) is 60.9 Å². The van der Waals surface area contributed by atoms with Gasteiger partial charge in [-0.3, -0.25) is 13.9 Å². The minimum absolute atomic E-state index is 0.0350. The zero-order valence-electron chi connectivity index (χ0n) is 25.6. The summed E-state index contributed by atoms with van der Waals surface area (Å²) >= 11 is 3.46. The Bertz CT molecular complexity index is 1680. The smallest absolute Gasteiger partial charge is 0.264 e. The molecule has 0 fully saturated rings. The summed E-state index contributed by atoms with van der Waals surface area (Å²) in [5, 5.41) is 2.96. The van der Waals surface area contributed by atoms with Gasteiger partial charge in [-0.1, -0.05) is 95.1 Å². The lowest BCUT2D eigenvalue weighted by Gasteiger charge is -2.34. The number of aryl methyl sites for hydroxylation is 1. The Morgan fingerprint density at radius 2 is 1.51 bits per heavy atom. The quantitative estimate of drug-likeness (QED) is 0.172. The number of anilines is 1. The van der Waals surface area contributed by atoms with Crippen molar-refractivity contribution in [2.24, 2.45) is 0 Å². The molecule has 2 amide bonds. The molecule has 0 saturated heterocycles. The third-order valence-electron chi connectivity index (χ3n) is 7.33. The number of amides is 2. The number of carbonyl (C=O) groups excluding carboxylic acids is 2. The third kappa shape index (κ3) is 8.73. The van der Waals surface area contributed by atoms with Crippen LogP contribution in [0.4, 0.5) is 5.69 Å². The van der Waals surface area contributed by atoms with E-state index in [1.165, 1.54) is 24.1 Å². The van der Waals surface area contributed by atoms with Crippen LogP contribution in [0.25, 0.3) is 0 Å². The number of benzene rings is 4. The number of ether oxygens (including phenoxy) is 1. The molecular weight excluding hydrogens is 654 g/mol. The topological polar surface area (TPSA) is 96.0 Å². The van der Waals surface area contributed by atoms with Crippen LogP contribution in [0.3, 0.4) is 0 Å². The van der Waals surface area contributed by atoms with E-state index in [9.17, 15) is 18.0 Å². The predicted octanol–water partition coefficient (Wildman–Crippen LogP) is 6.13. The SMILES string of the molecule is CCCNC(=O)[C@@H](Cc1ccccc1)N(Cc1ccc(Br)cc1)C(=O)CN(c1ccccc1OC)S(=O)(=O)c1ccc(C)cc1. The molecule has 4 aromatic carbocycles. The van der Waals surface area contributed by atoms with Crippen molar-refractivity contribution in [2.45, 2.75) is 44.2 Å². The fourth-order valence-corrected chi connectivity index (χ4v) is 6.58. The first-order chi connectivity index (χ1) is 21.6. The highest BCUT2D eigenvalue weighted by Crippen LogP contribution is 2.33. The first-order valence-corrected chi connectivity index (χ1v) is 16.9. The third-order valence-corrected chi connectivity index (χ3v) is 9.63. The number of methoxy groups -OCH3 is 1. The normalized spacial score (nSPS) is 11.8. The van der Waals surface area contributed by atoms with Gasteiger partial charge in [0.1, 0.15) is 18.3 Å². The van der Waals surface area contributed by atoms with E-state index in [0.29, 0.717) is 12.3 Å². The van der Waals surface area contributed by atoms with Crippen LogP contribution >= 0.6 is 15.9 Å². The van der Waals surface area contributed by atoms with Gasteiger partial charge in [0.2, 0.25) is 11.8 Å². The highest BCUT2D eigenvalue weighted by Gasteiger charge is 2.35. The second kappa shape index (κ2) is 15.7. The van der Waals surface area contributed by atoms with E-state index >= 15 is 0 Å². The van der Waals surface area contributed by atoms with Crippen molar-refractivity contribution in [3.63, 3.8) is 0 Å². The highest BCUT2D eigenvalue weighted by atomic mass is 79.9. The molecule has 0 spiro atoms. The Hall–Kier alpha value is -4.15. The zero-order valence-corrected chi connectivity index (χ0v) is 28.1. The fraction of sp³-hybridized carbons (Fsp3) is 0.257. The van der Waals surface area contributed by atoms with Crippen molar-refractivity contribution in [1.29, 1.82) is 0 Å². The average Bonchev–Trinajstić information content (AvgIpc) is 3.05. The molecule has 0 saturated carbocycles. The van der Waals surface area contributed by atoms with Gasteiger partial charge in [0.05, 0.1) is 17.7 Å². The van der Waals surface area contributed by atoms with Crippen LogP contribution in [0.5, 0.6) is 5.75 Å². The summed E-state index contributed by atoms with van der Waals surface area (Å²) in [5.41, 5.74) is 2.78. The molecule has 8 nitrogen and oxygen atoms in total. The summed E-state index contributed by atoms with van der Waals surface area (Å²) in [5.74, 6) is -0.551. The molecule has 10 heteroatoms. The zero-order chi connectivity index (χ0) is 32.4. The van der Waals surface area contributed by atoms with E-state index in [1.807, 2.05) is 68.4 Å². The second-order valence-corrected chi connectivity index (χ2v) is 13.4. The van der Waals surface area contributed by atoms with Crippen LogP contribution < -0.4 is 14.4 Å². The molecule has 0 heterocycles.